The van der Waals surface area contributed by atoms with Gasteiger partial charge in [-0.2, -0.15) is 5.26 Å². The van der Waals surface area contributed by atoms with Gasteiger partial charge in [0.2, 0.25) is 0 Å². The molecular formula is C10H13ClN2. The van der Waals surface area contributed by atoms with E-state index in [2.05, 4.69) is 11.4 Å². The molecule has 0 amide bonds. The number of hydrogen-bond donors (Lipinski definition) is 1. The third kappa shape index (κ3) is 3.45. The predicted octanol–water partition coefficient (Wildman–Crippen LogP) is 2.28. The van der Waals surface area contributed by atoms with Crippen LogP contribution in [-0.2, 0) is 0 Å². The molecule has 1 N–H and O–H groups in total. The lowest BCUT2D eigenvalue weighted by Gasteiger charge is -2.08. The fourth-order valence-electron chi connectivity index (χ4n) is 1.09. The molecular weight excluding hydrogens is 184 g/mol. The van der Waals surface area contributed by atoms with Gasteiger partial charge in [-0.1, -0.05) is 37.3 Å². The smallest absolute Gasteiger partial charge is 0.121 e. The molecule has 1 atom stereocenters. The maximum atomic E-state index is 8.80. The van der Waals surface area contributed by atoms with Crippen molar-refractivity contribution >= 4 is 12.4 Å². The number of halogens is 1. The Balaban J connectivity index is 0.00000144. The standard InChI is InChI=1S/C10H12N2.ClH/c1-2-12-10(8-11)9-6-4-3-5-7-9;/h3-7,10,12H,2H2,1H3;1H. The summed E-state index contributed by atoms with van der Waals surface area (Å²) in [5.74, 6) is 0. The molecule has 1 aromatic rings. The van der Waals surface area contributed by atoms with Crippen molar-refractivity contribution in [3.05, 3.63) is 35.9 Å². The molecule has 1 unspecified atom stereocenters. The highest BCUT2D eigenvalue weighted by atomic mass is 35.5. The Labute approximate surface area is 85.0 Å². The Morgan fingerprint density at radius 1 is 1.38 bits per heavy atom. The van der Waals surface area contributed by atoms with Gasteiger partial charge in [-0.25, -0.2) is 0 Å². The summed E-state index contributed by atoms with van der Waals surface area (Å²) in [4.78, 5) is 0. The molecule has 0 fully saturated rings. The zero-order chi connectivity index (χ0) is 8.81. The molecule has 0 aliphatic rings. The number of benzene rings is 1. The normalized spacial score (nSPS) is 11.1. The van der Waals surface area contributed by atoms with Crippen LogP contribution in [0.15, 0.2) is 30.3 Å². The molecule has 0 spiro atoms. The third-order valence-corrected chi connectivity index (χ3v) is 1.67. The second-order valence-electron chi connectivity index (χ2n) is 2.53. The molecule has 0 bridgehead atoms. The van der Waals surface area contributed by atoms with Gasteiger partial charge in [0.05, 0.1) is 6.07 Å². The van der Waals surface area contributed by atoms with Crippen molar-refractivity contribution in [2.24, 2.45) is 0 Å². The first kappa shape index (κ1) is 12.0. The Morgan fingerprint density at radius 3 is 2.46 bits per heavy atom. The first-order chi connectivity index (χ1) is 5.88. The summed E-state index contributed by atoms with van der Waals surface area (Å²) in [6.07, 6.45) is 0. The van der Waals surface area contributed by atoms with Gasteiger partial charge >= 0.3 is 0 Å². The molecule has 0 heterocycles. The monoisotopic (exact) mass is 196 g/mol. The Kier molecular flexibility index (Phi) is 5.96. The minimum atomic E-state index is -0.170. The van der Waals surface area contributed by atoms with Gasteiger partial charge in [-0.05, 0) is 12.1 Å². The summed E-state index contributed by atoms with van der Waals surface area (Å²) in [7, 11) is 0. The van der Waals surface area contributed by atoms with Crippen LogP contribution >= 0.6 is 12.4 Å². The molecule has 13 heavy (non-hydrogen) atoms. The topological polar surface area (TPSA) is 35.8 Å². The van der Waals surface area contributed by atoms with Gasteiger partial charge in [0.25, 0.3) is 0 Å². The van der Waals surface area contributed by atoms with Crippen LogP contribution < -0.4 is 5.32 Å². The molecule has 3 heteroatoms. The molecule has 0 saturated heterocycles. The largest absolute Gasteiger partial charge is 0.298 e. The van der Waals surface area contributed by atoms with E-state index in [9.17, 15) is 0 Å². The lowest BCUT2D eigenvalue weighted by Crippen LogP contribution is -2.18. The summed E-state index contributed by atoms with van der Waals surface area (Å²) in [6.45, 7) is 2.81. The molecule has 2 nitrogen and oxygen atoms in total. The Morgan fingerprint density at radius 2 is 2.00 bits per heavy atom. The lowest BCUT2D eigenvalue weighted by atomic mass is 10.1. The van der Waals surface area contributed by atoms with Crippen LogP contribution in [0.3, 0.4) is 0 Å². The highest BCUT2D eigenvalue weighted by molar-refractivity contribution is 5.85. The molecule has 0 aliphatic heterocycles. The van der Waals surface area contributed by atoms with E-state index in [0.29, 0.717) is 0 Å². The van der Waals surface area contributed by atoms with Crippen LogP contribution in [0.5, 0.6) is 0 Å². The summed E-state index contributed by atoms with van der Waals surface area (Å²) < 4.78 is 0. The summed E-state index contributed by atoms with van der Waals surface area (Å²) >= 11 is 0. The van der Waals surface area contributed by atoms with Gasteiger partial charge in [0.15, 0.2) is 0 Å². The number of rotatable bonds is 3. The lowest BCUT2D eigenvalue weighted by molar-refractivity contribution is 0.658. The van der Waals surface area contributed by atoms with Crippen molar-refractivity contribution in [1.82, 2.24) is 5.32 Å². The summed E-state index contributed by atoms with van der Waals surface area (Å²) in [6, 6.07) is 11.8. The molecule has 0 aromatic heterocycles. The highest BCUT2D eigenvalue weighted by Gasteiger charge is 2.05. The summed E-state index contributed by atoms with van der Waals surface area (Å²) in [5, 5.41) is 11.9. The van der Waals surface area contributed by atoms with Gasteiger partial charge in [-0.3, -0.25) is 5.32 Å². The molecule has 0 saturated carbocycles. The number of hydrogen-bond acceptors (Lipinski definition) is 2. The van der Waals surface area contributed by atoms with E-state index in [-0.39, 0.29) is 18.4 Å². The van der Waals surface area contributed by atoms with Crippen LogP contribution in [-0.4, -0.2) is 6.54 Å². The van der Waals surface area contributed by atoms with Crippen molar-refractivity contribution in [3.63, 3.8) is 0 Å². The van der Waals surface area contributed by atoms with Crippen molar-refractivity contribution in [1.29, 1.82) is 5.26 Å². The Bertz CT molecular complexity index is 266. The van der Waals surface area contributed by atoms with Crippen LogP contribution in [0.1, 0.15) is 18.5 Å². The fraction of sp³-hybridized carbons (Fsp3) is 0.300. The minimum absolute atomic E-state index is 0. The van der Waals surface area contributed by atoms with E-state index in [0.717, 1.165) is 12.1 Å². The van der Waals surface area contributed by atoms with Gasteiger partial charge in [-0.15, -0.1) is 12.4 Å². The first-order valence-corrected chi connectivity index (χ1v) is 4.06. The first-order valence-electron chi connectivity index (χ1n) is 4.06. The maximum absolute atomic E-state index is 8.80. The number of nitrogens with zero attached hydrogens (tertiary/aromatic N) is 1. The van der Waals surface area contributed by atoms with Crippen LogP contribution in [0.2, 0.25) is 0 Å². The second-order valence-corrected chi connectivity index (χ2v) is 2.53. The average molecular weight is 197 g/mol. The van der Waals surface area contributed by atoms with E-state index < -0.39 is 0 Å². The van der Waals surface area contributed by atoms with Crippen LogP contribution in [0, 0.1) is 11.3 Å². The zero-order valence-electron chi connectivity index (χ0n) is 7.53. The Hall–Kier alpha value is -1.04. The minimum Gasteiger partial charge on any atom is -0.298 e. The molecule has 0 radical (unpaired) electrons. The fourth-order valence-corrected chi connectivity index (χ4v) is 1.09. The van der Waals surface area contributed by atoms with Crippen molar-refractivity contribution in [2.75, 3.05) is 6.54 Å². The van der Waals surface area contributed by atoms with Crippen molar-refractivity contribution < 1.29 is 0 Å². The summed E-state index contributed by atoms with van der Waals surface area (Å²) in [5.41, 5.74) is 1.03. The SMILES string of the molecule is CCNC(C#N)c1ccccc1.Cl. The zero-order valence-corrected chi connectivity index (χ0v) is 8.34. The van der Waals surface area contributed by atoms with Crippen molar-refractivity contribution in [2.45, 2.75) is 13.0 Å². The maximum Gasteiger partial charge on any atom is 0.121 e. The number of nitriles is 1. The van der Waals surface area contributed by atoms with E-state index in [1.54, 1.807) is 0 Å². The average Bonchev–Trinajstić information content (AvgIpc) is 2.15. The van der Waals surface area contributed by atoms with E-state index >= 15 is 0 Å². The molecule has 1 aromatic carbocycles. The number of nitrogens with one attached hydrogen (secondary N) is 1. The predicted molar refractivity (Wildman–Crippen MR) is 55.7 cm³/mol. The van der Waals surface area contributed by atoms with E-state index in [1.807, 2.05) is 37.3 Å². The quantitative estimate of drug-likeness (QED) is 0.805. The van der Waals surface area contributed by atoms with Crippen LogP contribution in [0.4, 0.5) is 0 Å². The van der Waals surface area contributed by atoms with Gasteiger partial charge in [0, 0.05) is 0 Å². The molecule has 0 aliphatic carbocycles. The van der Waals surface area contributed by atoms with E-state index in [4.69, 9.17) is 5.26 Å². The molecule has 1 rings (SSSR count). The van der Waals surface area contributed by atoms with Gasteiger partial charge < -0.3 is 0 Å². The third-order valence-electron chi connectivity index (χ3n) is 1.67. The van der Waals surface area contributed by atoms with Gasteiger partial charge in [0.1, 0.15) is 6.04 Å². The second kappa shape index (κ2) is 6.47. The van der Waals surface area contributed by atoms with Crippen LogP contribution in [0.25, 0.3) is 0 Å². The van der Waals surface area contributed by atoms with Crippen molar-refractivity contribution in [3.8, 4) is 6.07 Å². The highest BCUT2D eigenvalue weighted by Crippen LogP contribution is 2.09. The van der Waals surface area contributed by atoms with E-state index in [1.165, 1.54) is 0 Å². The molecule has 70 valence electrons.